The normalized spacial score (nSPS) is 12.5. The van der Waals surface area contributed by atoms with Gasteiger partial charge in [0.25, 0.3) is 0 Å². The van der Waals surface area contributed by atoms with E-state index in [0.29, 0.717) is 20.1 Å². The molecule has 0 saturated carbocycles. The van der Waals surface area contributed by atoms with Crippen molar-refractivity contribution in [2.45, 2.75) is 6.04 Å². The topological polar surface area (TPSA) is 12.0 Å². The minimum atomic E-state index is -0.314. The lowest BCUT2D eigenvalue weighted by atomic mass is 9.98. The summed E-state index contributed by atoms with van der Waals surface area (Å²) in [5.74, 6) is -0.314. The van der Waals surface area contributed by atoms with Crippen LogP contribution in [0, 0.1) is 5.82 Å². The molecule has 1 unspecified atom stereocenters. The molecule has 0 aliphatic heterocycles. The van der Waals surface area contributed by atoms with Gasteiger partial charge < -0.3 is 5.32 Å². The van der Waals surface area contributed by atoms with Crippen molar-refractivity contribution in [1.29, 1.82) is 0 Å². The van der Waals surface area contributed by atoms with Gasteiger partial charge in [-0.15, -0.1) is 0 Å². The van der Waals surface area contributed by atoms with Gasteiger partial charge in [0.05, 0.1) is 11.1 Å². The van der Waals surface area contributed by atoms with E-state index in [1.807, 2.05) is 12.1 Å². The summed E-state index contributed by atoms with van der Waals surface area (Å²) in [6, 6.07) is 9.99. The lowest BCUT2D eigenvalue weighted by Crippen LogP contribution is -2.19. The quantitative estimate of drug-likeness (QED) is 0.739. The molecule has 0 heterocycles. The Kier molecular flexibility index (Phi) is 4.85. The van der Waals surface area contributed by atoms with Crippen LogP contribution in [0.5, 0.6) is 0 Å². The molecule has 1 nitrogen and oxygen atoms in total. The standard InChI is InChI=1S/C14H11BrCl2FN/c1-19-14(8-2-4-9(16)5-3-8)10-6-12(17)11(15)7-13(10)18/h2-7,14,19H,1H3. The highest BCUT2D eigenvalue weighted by atomic mass is 79.9. The van der Waals surface area contributed by atoms with Crippen molar-refractivity contribution in [3.05, 3.63) is 67.9 Å². The monoisotopic (exact) mass is 361 g/mol. The first kappa shape index (κ1) is 14.8. The fraction of sp³-hybridized carbons (Fsp3) is 0.143. The molecule has 0 aliphatic rings. The van der Waals surface area contributed by atoms with Gasteiger partial charge in [-0.2, -0.15) is 0 Å². The zero-order valence-electron chi connectivity index (χ0n) is 10.1. The van der Waals surface area contributed by atoms with Crippen LogP contribution < -0.4 is 5.32 Å². The highest BCUT2D eigenvalue weighted by Crippen LogP contribution is 2.31. The second-order valence-corrected chi connectivity index (χ2v) is 5.76. The fourth-order valence-corrected chi connectivity index (χ4v) is 2.53. The van der Waals surface area contributed by atoms with Crippen LogP contribution in [0.3, 0.4) is 0 Å². The molecular weight excluding hydrogens is 352 g/mol. The summed E-state index contributed by atoms with van der Waals surface area (Å²) in [5.41, 5.74) is 1.42. The molecule has 2 rings (SSSR count). The molecule has 0 radical (unpaired) electrons. The summed E-state index contributed by atoms with van der Waals surface area (Å²) in [5, 5.41) is 4.21. The Labute approximate surface area is 129 Å². The summed E-state index contributed by atoms with van der Waals surface area (Å²) in [4.78, 5) is 0. The Bertz CT molecular complexity index is 587. The second-order valence-electron chi connectivity index (χ2n) is 4.06. The maximum absolute atomic E-state index is 14.1. The number of rotatable bonds is 3. The number of nitrogens with one attached hydrogen (secondary N) is 1. The van der Waals surface area contributed by atoms with Gasteiger partial charge in [-0.3, -0.25) is 0 Å². The number of hydrogen-bond acceptors (Lipinski definition) is 1. The van der Waals surface area contributed by atoms with E-state index in [1.165, 1.54) is 6.07 Å². The molecule has 100 valence electrons. The van der Waals surface area contributed by atoms with Crippen molar-refractivity contribution in [3.8, 4) is 0 Å². The minimum absolute atomic E-state index is 0.275. The van der Waals surface area contributed by atoms with E-state index in [-0.39, 0.29) is 11.9 Å². The van der Waals surface area contributed by atoms with Crippen LogP contribution in [0.2, 0.25) is 10.0 Å². The van der Waals surface area contributed by atoms with E-state index in [0.717, 1.165) is 5.56 Å². The summed E-state index contributed by atoms with van der Waals surface area (Å²) in [6.45, 7) is 0. The molecule has 19 heavy (non-hydrogen) atoms. The van der Waals surface area contributed by atoms with E-state index in [1.54, 1.807) is 25.2 Å². The van der Waals surface area contributed by atoms with E-state index in [9.17, 15) is 4.39 Å². The van der Waals surface area contributed by atoms with Crippen molar-refractivity contribution >= 4 is 39.1 Å². The van der Waals surface area contributed by atoms with Crippen LogP contribution >= 0.6 is 39.1 Å². The Balaban J connectivity index is 2.47. The van der Waals surface area contributed by atoms with Crippen LogP contribution in [0.1, 0.15) is 17.2 Å². The third-order valence-electron chi connectivity index (χ3n) is 2.84. The van der Waals surface area contributed by atoms with Crippen LogP contribution in [0.25, 0.3) is 0 Å². The molecular formula is C14H11BrCl2FN. The number of halogens is 4. The van der Waals surface area contributed by atoms with Crippen molar-refractivity contribution in [1.82, 2.24) is 5.32 Å². The number of hydrogen-bond donors (Lipinski definition) is 1. The number of benzene rings is 2. The van der Waals surface area contributed by atoms with Crippen LogP contribution in [-0.2, 0) is 0 Å². The van der Waals surface area contributed by atoms with Gasteiger partial charge in [0, 0.05) is 15.1 Å². The first-order valence-electron chi connectivity index (χ1n) is 5.60. The highest BCUT2D eigenvalue weighted by molar-refractivity contribution is 9.10. The van der Waals surface area contributed by atoms with E-state index < -0.39 is 0 Å². The Hall–Kier alpha value is -0.610. The summed E-state index contributed by atoms with van der Waals surface area (Å²) in [6.07, 6.45) is 0. The van der Waals surface area contributed by atoms with Gasteiger partial charge >= 0.3 is 0 Å². The van der Waals surface area contributed by atoms with Gasteiger partial charge in [0.15, 0.2) is 0 Å². The predicted octanol–water partition coefficient (Wildman–Crippen LogP) is 5.20. The summed E-state index contributed by atoms with van der Waals surface area (Å²) in [7, 11) is 1.77. The molecule has 0 fully saturated rings. The van der Waals surface area contributed by atoms with Gasteiger partial charge in [0.1, 0.15) is 5.82 Å². The first-order chi connectivity index (χ1) is 9.02. The Morgan fingerprint density at radius 1 is 1.16 bits per heavy atom. The van der Waals surface area contributed by atoms with Crippen molar-refractivity contribution in [3.63, 3.8) is 0 Å². The molecule has 0 aromatic heterocycles. The molecule has 2 aromatic rings. The Morgan fingerprint density at radius 2 is 1.79 bits per heavy atom. The smallest absolute Gasteiger partial charge is 0.129 e. The van der Waals surface area contributed by atoms with Gasteiger partial charge in [-0.05, 0) is 52.8 Å². The van der Waals surface area contributed by atoms with Crippen LogP contribution in [-0.4, -0.2) is 7.05 Å². The Morgan fingerprint density at radius 3 is 2.37 bits per heavy atom. The molecule has 1 atom stereocenters. The van der Waals surface area contributed by atoms with E-state index >= 15 is 0 Å². The third kappa shape index (κ3) is 3.29. The molecule has 1 N–H and O–H groups in total. The maximum Gasteiger partial charge on any atom is 0.129 e. The zero-order valence-corrected chi connectivity index (χ0v) is 13.2. The van der Waals surface area contributed by atoms with Gasteiger partial charge in [-0.1, -0.05) is 35.3 Å². The lowest BCUT2D eigenvalue weighted by molar-refractivity contribution is 0.575. The van der Waals surface area contributed by atoms with Gasteiger partial charge in [-0.25, -0.2) is 4.39 Å². The van der Waals surface area contributed by atoms with E-state index in [4.69, 9.17) is 23.2 Å². The molecule has 0 spiro atoms. The molecule has 0 amide bonds. The second kappa shape index (κ2) is 6.23. The predicted molar refractivity (Wildman–Crippen MR) is 81.5 cm³/mol. The summed E-state index contributed by atoms with van der Waals surface area (Å²) >= 11 is 15.1. The third-order valence-corrected chi connectivity index (χ3v) is 4.29. The summed E-state index contributed by atoms with van der Waals surface area (Å²) < 4.78 is 14.6. The largest absolute Gasteiger partial charge is 0.309 e. The van der Waals surface area contributed by atoms with E-state index in [2.05, 4.69) is 21.2 Å². The lowest BCUT2D eigenvalue weighted by Gasteiger charge is -2.18. The molecule has 2 aromatic carbocycles. The highest BCUT2D eigenvalue weighted by Gasteiger charge is 2.18. The molecule has 5 heteroatoms. The van der Waals surface area contributed by atoms with Crippen LogP contribution in [0.4, 0.5) is 4.39 Å². The van der Waals surface area contributed by atoms with Gasteiger partial charge in [0.2, 0.25) is 0 Å². The maximum atomic E-state index is 14.1. The van der Waals surface area contributed by atoms with Crippen molar-refractivity contribution in [2.24, 2.45) is 0 Å². The van der Waals surface area contributed by atoms with Crippen LogP contribution in [0.15, 0.2) is 40.9 Å². The zero-order chi connectivity index (χ0) is 14.0. The minimum Gasteiger partial charge on any atom is -0.309 e. The molecule has 0 saturated heterocycles. The first-order valence-corrected chi connectivity index (χ1v) is 7.15. The SMILES string of the molecule is CNC(c1ccc(Cl)cc1)c1cc(Cl)c(Br)cc1F. The fourth-order valence-electron chi connectivity index (χ4n) is 1.92. The average Bonchev–Trinajstić information content (AvgIpc) is 2.38. The molecule has 0 bridgehead atoms. The molecule has 0 aliphatic carbocycles. The van der Waals surface area contributed by atoms with Crippen molar-refractivity contribution < 1.29 is 4.39 Å². The average molecular weight is 363 g/mol. The van der Waals surface area contributed by atoms with Crippen molar-refractivity contribution in [2.75, 3.05) is 7.05 Å².